The van der Waals surface area contributed by atoms with E-state index < -0.39 is 6.09 Å². The molecular weight excluding hydrogens is 274 g/mol. The minimum absolute atomic E-state index is 0.0630. The van der Waals surface area contributed by atoms with Crippen molar-refractivity contribution in [1.29, 1.82) is 5.26 Å². The Hall–Kier alpha value is -2.27. The van der Waals surface area contributed by atoms with Gasteiger partial charge in [-0.15, -0.1) is 0 Å². The second kappa shape index (κ2) is 9.61. The van der Waals surface area contributed by atoms with Gasteiger partial charge >= 0.3 is 6.09 Å². The van der Waals surface area contributed by atoms with Crippen LogP contribution in [0.1, 0.15) is 6.92 Å². The van der Waals surface area contributed by atoms with Crippen molar-refractivity contribution in [3.63, 3.8) is 0 Å². The zero-order valence-corrected chi connectivity index (χ0v) is 12.1. The van der Waals surface area contributed by atoms with Crippen molar-refractivity contribution in [3.05, 3.63) is 11.8 Å². The van der Waals surface area contributed by atoms with E-state index in [1.54, 1.807) is 11.8 Å². The number of hydrogen-bond acceptors (Lipinski definition) is 6. The zero-order chi connectivity index (χ0) is 15.5. The molecule has 1 rings (SSSR count). The van der Waals surface area contributed by atoms with Crippen LogP contribution in [0.25, 0.3) is 0 Å². The standard InChI is InChI=1S/C13H21N5O3/c1-2-21-13(20)17-4-3-16-10-11(9-14)12(19)18-7-5-15-6-8-18/h10,15-16H,2-8H2,1H3,(H,17,20)/b11-10-. The predicted octanol–water partition coefficient (Wildman–Crippen LogP) is -0.839. The summed E-state index contributed by atoms with van der Waals surface area (Å²) >= 11 is 0. The van der Waals surface area contributed by atoms with Crippen LogP contribution >= 0.6 is 0 Å². The number of hydrogen-bond donors (Lipinski definition) is 3. The molecule has 1 saturated heterocycles. The number of carbonyl (C=O) groups is 2. The molecule has 8 heteroatoms. The molecule has 3 N–H and O–H groups in total. The summed E-state index contributed by atoms with van der Waals surface area (Å²) in [7, 11) is 0. The first-order chi connectivity index (χ1) is 10.2. The molecule has 0 unspecified atom stereocenters. The minimum Gasteiger partial charge on any atom is -0.450 e. The van der Waals surface area contributed by atoms with E-state index in [2.05, 4.69) is 16.0 Å². The highest BCUT2D eigenvalue weighted by atomic mass is 16.5. The van der Waals surface area contributed by atoms with E-state index in [0.717, 1.165) is 13.1 Å². The smallest absolute Gasteiger partial charge is 0.407 e. The van der Waals surface area contributed by atoms with Gasteiger partial charge in [0.2, 0.25) is 0 Å². The number of rotatable bonds is 6. The van der Waals surface area contributed by atoms with Gasteiger partial charge < -0.3 is 25.6 Å². The molecule has 1 aliphatic rings. The van der Waals surface area contributed by atoms with Crippen LogP contribution in [0.15, 0.2) is 11.8 Å². The molecule has 0 radical (unpaired) electrons. The van der Waals surface area contributed by atoms with Gasteiger partial charge in [-0.3, -0.25) is 4.79 Å². The van der Waals surface area contributed by atoms with Gasteiger partial charge in [0.15, 0.2) is 0 Å². The molecule has 0 bridgehead atoms. The Bertz CT molecular complexity index is 424. The van der Waals surface area contributed by atoms with E-state index >= 15 is 0 Å². The maximum atomic E-state index is 12.1. The van der Waals surface area contributed by atoms with Gasteiger partial charge in [-0.2, -0.15) is 5.26 Å². The fourth-order valence-electron chi connectivity index (χ4n) is 1.77. The minimum atomic E-state index is -0.485. The van der Waals surface area contributed by atoms with Crippen molar-refractivity contribution < 1.29 is 14.3 Å². The number of amides is 2. The molecule has 0 atom stereocenters. The van der Waals surface area contributed by atoms with Crippen molar-refractivity contribution in [2.75, 3.05) is 45.9 Å². The lowest BCUT2D eigenvalue weighted by Crippen LogP contribution is -2.47. The third-order valence-corrected chi connectivity index (χ3v) is 2.82. The van der Waals surface area contributed by atoms with Gasteiger partial charge in [-0.05, 0) is 6.92 Å². The van der Waals surface area contributed by atoms with E-state index in [4.69, 9.17) is 10.00 Å². The average Bonchev–Trinajstić information content (AvgIpc) is 2.51. The highest BCUT2D eigenvalue weighted by molar-refractivity contribution is 5.97. The Labute approximate surface area is 124 Å². The summed E-state index contributed by atoms with van der Waals surface area (Å²) in [6.45, 7) is 5.46. The molecule has 1 fully saturated rings. The van der Waals surface area contributed by atoms with Gasteiger partial charge in [0, 0.05) is 45.5 Å². The summed E-state index contributed by atoms with van der Waals surface area (Å²) in [6, 6.07) is 1.89. The summed E-state index contributed by atoms with van der Waals surface area (Å²) in [6.07, 6.45) is 0.901. The molecule has 2 amide bonds. The highest BCUT2D eigenvalue weighted by Crippen LogP contribution is 2.01. The number of nitrogens with one attached hydrogen (secondary N) is 3. The van der Waals surface area contributed by atoms with E-state index in [9.17, 15) is 9.59 Å². The van der Waals surface area contributed by atoms with Crippen molar-refractivity contribution in [1.82, 2.24) is 20.9 Å². The van der Waals surface area contributed by atoms with Gasteiger partial charge in [-0.25, -0.2) is 4.79 Å². The lowest BCUT2D eigenvalue weighted by atomic mass is 10.2. The molecule has 1 aliphatic heterocycles. The maximum absolute atomic E-state index is 12.1. The van der Waals surface area contributed by atoms with Crippen molar-refractivity contribution >= 4 is 12.0 Å². The van der Waals surface area contributed by atoms with Gasteiger partial charge in [0.25, 0.3) is 5.91 Å². The fraction of sp³-hybridized carbons (Fsp3) is 0.615. The molecule has 116 valence electrons. The Kier molecular flexibility index (Phi) is 7.68. The third-order valence-electron chi connectivity index (χ3n) is 2.82. The second-order valence-corrected chi connectivity index (χ2v) is 4.31. The lowest BCUT2D eigenvalue weighted by Gasteiger charge is -2.27. The molecule has 8 nitrogen and oxygen atoms in total. The number of carbonyl (C=O) groups excluding carboxylic acids is 2. The zero-order valence-electron chi connectivity index (χ0n) is 12.1. The quantitative estimate of drug-likeness (QED) is 0.335. The normalized spacial score (nSPS) is 15.0. The number of piperazine rings is 1. The van der Waals surface area contributed by atoms with E-state index in [0.29, 0.717) is 32.8 Å². The SMILES string of the molecule is CCOC(=O)NCCN/C=C(/C#N)C(=O)N1CCNCC1. The Morgan fingerprint density at radius 1 is 1.38 bits per heavy atom. The van der Waals surface area contributed by atoms with Crippen LogP contribution in [0.2, 0.25) is 0 Å². The number of ether oxygens (including phenoxy) is 1. The highest BCUT2D eigenvalue weighted by Gasteiger charge is 2.19. The first kappa shape index (κ1) is 16.8. The molecule has 21 heavy (non-hydrogen) atoms. The van der Waals surface area contributed by atoms with Gasteiger partial charge in [0.05, 0.1) is 6.61 Å². The lowest BCUT2D eigenvalue weighted by molar-refractivity contribution is -0.127. The predicted molar refractivity (Wildman–Crippen MR) is 76.2 cm³/mol. The molecule has 1 heterocycles. The molecule has 0 aromatic heterocycles. The third kappa shape index (κ3) is 6.14. The number of nitriles is 1. The van der Waals surface area contributed by atoms with E-state index in [1.165, 1.54) is 6.20 Å². The van der Waals surface area contributed by atoms with Crippen LogP contribution in [0.4, 0.5) is 4.79 Å². The molecule has 0 aromatic rings. The van der Waals surface area contributed by atoms with E-state index in [-0.39, 0.29) is 11.5 Å². The van der Waals surface area contributed by atoms with Crippen LogP contribution in [-0.2, 0) is 9.53 Å². The van der Waals surface area contributed by atoms with Crippen molar-refractivity contribution in [2.24, 2.45) is 0 Å². The van der Waals surface area contributed by atoms with Crippen LogP contribution in [0.3, 0.4) is 0 Å². The maximum Gasteiger partial charge on any atom is 0.407 e. The molecule has 0 spiro atoms. The number of alkyl carbamates (subject to hydrolysis) is 1. The van der Waals surface area contributed by atoms with Gasteiger partial charge in [-0.1, -0.05) is 0 Å². The Balaban J connectivity index is 2.33. The van der Waals surface area contributed by atoms with Crippen molar-refractivity contribution in [2.45, 2.75) is 6.92 Å². The Morgan fingerprint density at radius 3 is 2.71 bits per heavy atom. The summed E-state index contributed by atoms with van der Waals surface area (Å²) in [4.78, 5) is 24.7. The van der Waals surface area contributed by atoms with Crippen molar-refractivity contribution in [3.8, 4) is 6.07 Å². The van der Waals surface area contributed by atoms with Crippen LogP contribution in [0, 0.1) is 11.3 Å². The topological polar surface area (TPSA) is 106 Å². The summed E-state index contributed by atoms with van der Waals surface area (Å²) in [5, 5.41) is 17.5. The first-order valence-electron chi connectivity index (χ1n) is 6.93. The van der Waals surface area contributed by atoms with Gasteiger partial charge in [0.1, 0.15) is 11.6 Å². The van der Waals surface area contributed by atoms with Crippen LogP contribution in [-0.4, -0.2) is 62.8 Å². The summed E-state index contributed by atoms with van der Waals surface area (Å²) < 4.78 is 4.70. The van der Waals surface area contributed by atoms with Crippen LogP contribution < -0.4 is 16.0 Å². The second-order valence-electron chi connectivity index (χ2n) is 4.31. The average molecular weight is 295 g/mol. The first-order valence-corrected chi connectivity index (χ1v) is 6.93. The monoisotopic (exact) mass is 295 g/mol. The summed E-state index contributed by atoms with van der Waals surface area (Å²) in [5.74, 6) is -0.273. The summed E-state index contributed by atoms with van der Waals surface area (Å²) in [5.41, 5.74) is 0.0630. The van der Waals surface area contributed by atoms with Crippen LogP contribution in [0.5, 0.6) is 0 Å². The Morgan fingerprint density at radius 2 is 2.10 bits per heavy atom. The molecule has 0 aromatic carbocycles. The number of nitrogens with zero attached hydrogens (tertiary/aromatic N) is 2. The fourth-order valence-corrected chi connectivity index (χ4v) is 1.77. The van der Waals surface area contributed by atoms with E-state index in [1.807, 2.05) is 6.07 Å². The molecule has 0 aliphatic carbocycles. The molecule has 0 saturated carbocycles. The largest absolute Gasteiger partial charge is 0.450 e. The molecular formula is C13H21N5O3.